The third-order valence-electron chi connectivity index (χ3n) is 2.99. The highest BCUT2D eigenvalue weighted by atomic mass is 79.9. The molecule has 0 aliphatic heterocycles. The zero-order chi connectivity index (χ0) is 18.0. The van der Waals surface area contributed by atoms with E-state index in [1.165, 1.54) is 48.5 Å². The molecule has 0 heterocycles. The van der Waals surface area contributed by atoms with Gasteiger partial charge in [-0.2, -0.15) is 21.6 Å². The van der Waals surface area contributed by atoms with Crippen LogP contribution in [0.1, 0.15) is 11.1 Å². The maximum absolute atomic E-state index is 13.3. The fourth-order valence-electron chi connectivity index (χ4n) is 1.79. The molecule has 24 heavy (non-hydrogen) atoms. The molecule has 0 atom stereocenters. The summed E-state index contributed by atoms with van der Waals surface area (Å²) in [5, 5.41) is 0. The van der Waals surface area contributed by atoms with Crippen molar-refractivity contribution in [3.63, 3.8) is 0 Å². The molecule has 0 radical (unpaired) electrons. The van der Waals surface area contributed by atoms with Gasteiger partial charge in [-0.3, -0.25) is 0 Å². The van der Waals surface area contributed by atoms with E-state index in [0.717, 1.165) is 5.56 Å². The summed E-state index contributed by atoms with van der Waals surface area (Å²) in [5.74, 6) is -1.63. The smallest absolute Gasteiger partial charge is 0.372 e. The summed E-state index contributed by atoms with van der Waals surface area (Å²) in [6.07, 6.45) is -4.99. The highest BCUT2D eigenvalue weighted by Gasteiger charge is 2.42. The first kappa shape index (κ1) is 18.5. The summed E-state index contributed by atoms with van der Waals surface area (Å²) in [7, 11) is -4.62. The Morgan fingerprint density at radius 3 is 2.04 bits per heavy atom. The highest BCUT2D eigenvalue weighted by Crippen LogP contribution is 2.38. The van der Waals surface area contributed by atoms with Gasteiger partial charge in [0.2, 0.25) is 5.76 Å². The Bertz CT molecular complexity index is 842. The molecule has 0 saturated carbocycles. The van der Waals surface area contributed by atoms with Crippen molar-refractivity contribution in [2.45, 2.75) is 18.0 Å². The average Bonchev–Trinajstić information content (AvgIpc) is 2.52. The normalized spacial score (nSPS) is 13.4. The molecule has 0 aromatic heterocycles. The fraction of sp³-hybridized carbons (Fsp3) is 0.125. The van der Waals surface area contributed by atoms with Crippen LogP contribution in [0.5, 0.6) is 0 Å². The Morgan fingerprint density at radius 2 is 1.54 bits per heavy atom. The number of benzene rings is 2. The second kappa shape index (κ2) is 6.98. The van der Waals surface area contributed by atoms with Crippen LogP contribution in [0, 0.1) is 6.92 Å². The summed E-state index contributed by atoms with van der Waals surface area (Å²) < 4.78 is 68.1. The van der Waals surface area contributed by atoms with Gasteiger partial charge >= 0.3 is 16.3 Å². The van der Waals surface area contributed by atoms with Gasteiger partial charge in [0.15, 0.2) is 0 Å². The molecule has 0 spiro atoms. The number of alkyl halides is 3. The largest absolute Gasteiger partial charge is 0.451 e. The van der Waals surface area contributed by atoms with Crippen LogP contribution in [0.4, 0.5) is 13.2 Å². The van der Waals surface area contributed by atoms with E-state index < -0.39 is 26.5 Å². The fourth-order valence-corrected chi connectivity index (χ4v) is 3.43. The average molecular weight is 421 g/mol. The van der Waals surface area contributed by atoms with Crippen molar-refractivity contribution in [3.05, 3.63) is 71.5 Å². The molecule has 3 nitrogen and oxygen atoms in total. The second-order valence-corrected chi connectivity index (χ2v) is 7.20. The van der Waals surface area contributed by atoms with Gasteiger partial charge in [-0.25, -0.2) is 0 Å². The maximum Gasteiger partial charge on any atom is 0.451 e. The van der Waals surface area contributed by atoms with Gasteiger partial charge in [-0.1, -0.05) is 48.0 Å². The molecule has 128 valence electrons. The Kier molecular flexibility index (Phi) is 5.39. The third-order valence-corrected chi connectivity index (χ3v) is 5.04. The maximum atomic E-state index is 13.3. The topological polar surface area (TPSA) is 43.4 Å². The minimum atomic E-state index is -4.99. The van der Waals surface area contributed by atoms with Gasteiger partial charge in [0.05, 0.1) is 4.48 Å². The molecule has 2 aromatic rings. The number of aryl methyl sites for hydroxylation is 1. The molecule has 8 heteroatoms. The lowest BCUT2D eigenvalue weighted by molar-refractivity contribution is -0.114. The van der Waals surface area contributed by atoms with E-state index in [4.69, 9.17) is 0 Å². The molecule has 0 N–H and O–H groups in total. The summed E-state index contributed by atoms with van der Waals surface area (Å²) in [4.78, 5) is -0.358. The Hall–Kier alpha value is -1.80. The Morgan fingerprint density at radius 1 is 1.00 bits per heavy atom. The number of halogens is 4. The van der Waals surface area contributed by atoms with E-state index in [9.17, 15) is 21.6 Å². The van der Waals surface area contributed by atoms with Gasteiger partial charge in [0.25, 0.3) is 0 Å². The summed E-state index contributed by atoms with van der Waals surface area (Å²) in [6, 6.07) is 12.8. The summed E-state index contributed by atoms with van der Waals surface area (Å²) in [5.41, 5.74) is 0.912. The standard InChI is InChI=1S/C16H12BrF3O3S/c1-11-7-9-13(10-8-11)24(21,22)23-15(16(18,19)20)14(17)12-5-3-2-4-6-12/h2-10H,1H3/b15-14+. The number of hydrogen-bond donors (Lipinski definition) is 0. The van der Waals surface area contributed by atoms with E-state index in [1.807, 2.05) is 0 Å². The van der Waals surface area contributed by atoms with Crippen molar-refractivity contribution in [3.8, 4) is 0 Å². The lowest BCUT2D eigenvalue weighted by Gasteiger charge is -2.16. The molecule has 0 amide bonds. The van der Waals surface area contributed by atoms with Gasteiger partial charge in [-0.05, 0) is 40.5 Å². The Labute approximate surface area is 146 Å². The predicted octanol–water partition coefficient (Wildman–Crippen LogP) is 5.03. The van der Waals surface area contributed by atoms with Crippen LogP contribution in [0.15, 0.2) is 65.3 Å². The number of rotatable bonds is 4. The van der Waals surface area contributed by atoms with Crippen molar-refractivity contribution < 1.29 is 25.8 Å². The first-order valence-corrected chi connectivity index (χ1v) is 8.85. The molecule has 0 aliphatic rings. The van der Waals surface area contributed by atoms with Crippen LogP contribution in [-0.2, 0) is 14.3 Å². The lowest BCUT2D eigenvalue weighted by atomic mass is 10.2. The van der Waals surface area contributed by atoms with Crippen LogP contribution in [0.25, 0.3) is 4.48 Å². The zero-order valence-electron chi connectivity index (χ0n) is 12.3. The van der Waals surface area contributed by atoms with E-state index in [-0.39, 0.29) is 10.5 Å². The molecule has 0 saturated heterocycles. The van der Waals surface area contributed by atoms with Crippen molar-refractivity contribution in [1.29, 1.82) is 0 Å². The van der Waals surface area contributed by atoms with Crippen molar-refractivity contribution >= 4 is 30.5 Å². The van der Waals surface area contributed by atoms with Crippen LogP contribution in [-0.4, -0.2) is 14.6 Å². The molecule has 0 bridgehead atoms. The minimum Gasteiger partial charge on any atom is -0.372 e. The lowest BCUT2D eigenvalue weighted by Crippen LogP contribution is -2.19. The molecule has 0 unspecified atom stereocenters. The van der Waals surface area contributed by atoms with E-state index >= 15 is 0 Å². The highest BCUT2D eigenvalue weighted by molar-refractivity contribution is 9.15. The van der Waals surface area contributed by atoms with Crippen LogP contribution < -0.4 is 0 Å². The molecule has 0 fully saturated rings. The third kappa shape index (κ3) is 4.39. The predicted molar refractivity (Wildman–Crippen MR) is 87.8 cm³/mol. The first-order valence-electron chi connectivity index (χ1n) is 6.65. The van der Waals surface area contributed by atoms with E-state index in [0.29, 0.717) is 0 Å². The SMILES string of the molecule is Cc1ccc(S(=O)(=O)O/C(=C(/Br)c2ccccc2)C(F)(F)F)cc1. The van der Waals surface area contributed by atoms with E-state index in [1.54, 1.807) is 13.0 Å². The van der Waals surface area contributed by atoms with Gasteiger partial charge in [0.1, 0.15) is 4.90 Å². The van der Waals surface area contributed by atoms with Crippen LogP contribution in [0.3, 0.4) is 0 Å². The molecular formula is C16H12BrF3O3S. The first-order chi connectivity index (χ1) is 11.1. The van der Waals surface area contributed by atoms with Crippen molar-refractivity contribution in [1.82, 2.24) is 0 Å². The summed E-state index contributed by atoms with van der Waals surface area (Å²) >= 11 is 2.80. The van der Waals surface area contributed by atoms with E-state index in [2.05, 4.69) is 20.1 Å². The van der Waals surface area contributed by atoms with Gasteiger partial charge in [-0.15, -0.1) is 0 Å². The van der Waals surface area contributed by atoms with Gasteiger partial charge < -0.3 is 4.18 Å². The molecule has 2 aromatic carbocycles. The van der Waals surface area contributed by atoms with Crippen LogP contribution >= 0.6 is 15.9 Å². The zero-order valence-corrected chi connectivity index (χ0v) is 14.7. The Balaban J connectivity index is 2.49. The number of hydrogen-bond acceptors (Lipinski definition) is 3. The molecular weight excluding hydrogens is 409 g/mol. The van der Waals surface area contributed by atoms with Crippen molar-refractivity contribution in [2.75, 3.05) is 0 Å². The monoisotopic (exact) mass is 420 g/mol. The number of allylic oxidation sites excluding steroid dienone is 1. The van der Waals surface area contributed by atoms with Crippen molar-refractivity contribution in [2.24, 2.45) is 0 Å². The van der Waals surface area contributed by atoms with Gasteiger partial charge in [0, 0.05) is 0 Å². The molecule has 0 aliphatic carbocycles. The second-order valence-electron chi connectivity index (χ2n) is 4.86. The minimum absolute atomic E-state index is 0.143. The summed E-state index contributed by atoms with van der Waals surface area (Å²) in [6.45, 7) is 1.73. The quantitative estimate of drug-likeness (QED) is 0.514. The van der Waals surface area contributed by atoms with Crippen LogP contribution in [0.2, 0.25) is 0 Å². The molecule has 2 rings (SSSR count).